The first-order valence-electron chi connectivity index (χ1n) is 6.96. The average molecular weight is 292 g/mol. The summed E-state index contributed by atoms with van der Waals surface area (Å²) in [6.45, 7) is 3.24. The van der Waals surface area contributed by atoms with E-state index in [9.17, 15) is 9.59 Å². The van der Waals surface area contributed by atoms with Crippen molar-refractivity contribution in [1.29, 1.82) is 0 Å². The molecular weight excluding hydrogens is 272 g/mol. The summed E-state index contributed by atoms with van der Waals surface area (Å²) in [4.78, 5) is 23.9. The minimum absolute atomic E-state index is 0.00309. The molecule has 1 amide bonds. The van der Waals surface area contributed by atoms with Gasteiger partial charge in [0.15, 0.2) is 0 Å². The van der Waals surface area contributed by atoms with Gasteiger partial charge in [-0.25, -0.2) is 4.79 Å². The lowest BCUT2D eigenvalue weighted by Gasteiger charge is -2.33. The number of aliphatic carboxylic acids is 1. The molecule has 2 rings (SSSR count). The maximum Gasteiger partial charge on any atom is 0.329 e. The molecule has 6 nitrogen and oxygen atoms in total. The smallest absolute Gasteiger partial charge is 0.329 e. The van der Waals surface area contributed by atoms with Crippen molar-refractivity contribution in [2.45, 2.75) is 25.9 Å². The lowest BCUT2D eigenvalue weighted by molar-refractivity contribution is -0.144. The van der Waals surface area contributed by atoms with Crippen molar-refractivity contribution in [1.82, 2.24) is 0 Å². The van der Waals surface area contributed by atoms with E-state index in [4.69, 9.17) is 15.6 Å². The molecule has 1 aromatic rings. The molecule has 1 fully saturated rings. The molecule has 1 aliphatic rings. The first-order valence-corrected chi connectivity index (χ1v) is 6.96. The van der Waals surface area contributed by atoms with Crippen LogP contribution in [0, 0.1) is 6.92 Å². The number of anilines is 1. The molecule has 21 heavy (non-hydrogen) atoms. The number of nitrogens with two attached hydrogens (primary N) is 1. The molecule has 0 spiro atoms. The fourth-order valence-electron chi connectivity index (χ4n) is 2.59. The van der Waals surface area contributed by atoms with Crippen LogP contribution in [-0.4, -0.2) is 42.8 Å². The third-order valence-electron chi connectivity index (χ3n) is 3.73. The number of carbonyl (C=O) groups is 2. The summed E-state index contributed by atoms with van der Waals surface area (Å²) in [5, 5.41) is 8.60. The molecule has 1 aromatic carbocycles. The second-order valence-electron chi connectivity index (χ2n) is 5.25. The molecule has 114 valence electrons. The number of primary amides is 1. The Labute approximate surface area is 123 Å². The summed E-state index contributed by atoms with van der Waals surface area (Å²) in [6.07, 6.45) is 1.59. The summed E-state index contributed by atoms with van der Waals surface area (Å²) in [6, 6.07) is 5.60. The molecule has 6 heteroatoms. The second-order valence-corrected chi connectivity index (χ2v) is 5.25. The molecule has 1 saturated heterocycles. The molecule has 0 unspecified atom stereocenters. The van der Waals surface area contributed by atoms with E-state index in [1.165, 1.54) is 0 Å². The Morgan fingerprint density at radius 2 is 2.05 bits per heavy atom. The Bertz CT molecular complexity index is 536. The van der Waals surface area contributed by atoms with E-state index in [1.807, 2.05) is 19.1 Å². The van der Waals surface area contributed by atoms with Gasteiger partial charge in [-0.3, -0.25) is 4.79 Å². The molecule has 0 aromatic heterocycles. The van der Waals surface area contributed by atoms with Crippen molar-refractivity contribution in [2.24, 2.45) is 5.73 Å². The van der Waals surface area contributed by atoms with E-state index >= 15 is 0 Å². The van der Waals surface area contributed by atoms with Crippen LogP contribution < -0.4 is 10.6 Å². The highest BCUT2D eigenvalue weighted by atomic mass is 16.5. The van der Waals surface area contributed by atoms with E-state index in [1.54, 1.807) is 6.07 Å². The average Bonchev–Trinajstić information content (AvgIpc) is 2.45. The van der Waals surface area contributed by atoms with Crippen LogP contribution in [-0.2, 0) is 9.53 Å². The number of hydrogen-bond donors (Lipinski definition) is 2. The summed E-state index contributed by atoms with van der Waals surface area (Å²) < 4.78 is 5.32. The maximum atomic E-state index is 11.2. The predicted octanol–water partition coefficient (Wildman–Crippen LogP) is 1.16. The number of benzene rings is 1. The first-order chi connectivity index (χ1) is 9.97. The van der Waals surface area contributed by atoms with E-state index in [2.05, 4.69) is 4.90 Å². The lowest BCUT2D eigenvalue weighted by atomic mass is 10.0. The van der Waals surface area contributed by atoms with Gasteiger partial charge in [0, 0.05) is 24.3 Å². The monoisotopic (exact) mass is 292 g/mol. The van der Waals surface area contributed by atoms with E-state index in [0.29, 0.717) is 5.56 Å². The SMILES string of the molecule is Cc1cc(N2CCC(OCC(=O)O)CC2)ccc1C(N)=O. The second kappa shape index (κ2) is 6.58. The zero-order valence-electron chi connectivity index (χ0n) is 12.0. The van der Waals surface area contributed by atoms with Gasteiger partial charge in [-0.1, -0.05) is 0 Å². The number of carboxylic acid groups (broad SMARTS) is 1. The summed E-state index contributed by atoms with van der Waals surface area (Å²) in [7, 11) is 0. The van der Waals surface area contributed by atoms with Crippen LogP contribution in [0.2, 0.25) is 0 Å². The largest absolute Gasteiger partial charge is 0.480 e. The first kappa shape index (κ1) is 15.3. The van der Waals surface area contributed by atoms with Crippen molar-refractivity contribution in [3.8, 4) is 0 Å². The highest BCUT2D eigenvalue weighted by molar-refractivity contribution is 5.94. The Kier molecular flexibility index (Phi) is 4.80. The van der Waals surface area contributed by atoms with Crippen molar-refractivity contribution >= 4 is 17.6 Å². The normalized spacial score (nSPS) is 16.0. The summed E-state index contributed by atoms with van der Waals surface area (Å²) in [5.41, 5.74) is 7.76. The Morgan fingerprint density at radius 1 is 1.38 bits per heavy atom. The van der Waals surface area contributed by atoms with Crippen molar-refractivity contribution < 1.29 is 19.4 Å². The third-order valence-corrected chi connectivity index (χ3v) is 3.73. The van der Waals surface area contributed by atoms with E-state index < -0.39 is 11.9 Å². The van der Waals surface area contributed by atoms with E-state index in [-0.39, 0.29) is 12.7 Å². The van der Waals surface area contributed by atoms with Gasteiger partial charge in [0.1, 0.15) is 6.61 Å². The zero-order chi connectivity index (χ0) is 15.4. The number of hydrogen-bond acceptors (Lipinski definition) is 4. The highest BCUT2D eigenvalue weighted by Crippen LogP contribution is 2.23. The fourth-order valence-corrected chi connectivity index (χ4v) is 2.59. The van der Waals surface area contributed by atoms with E-state index in [0.717, 1.165) is 37.2 Å². The van der Waals surface area contributed by atoms with Crippen molar-refractivity contribution in [3.05, 3.63) is 29.3 Å². The fraction of sp³-hybridized carbons (Fsp3) is 0.467. The van der Waals surface area contributed by atoms with Crippen LogP contribution in [0.3, 0.4) is 0 Å². The number of rotatable bonds is 5. The zero-order valence-corrected chi connectivity index (χ0v) is 12.0. The number of aryl methyl sites for hydroxylation is 1. The van der Waals surface area contributed by atoms with Crippen LogP contribution in [0.15, 0.2) is 18.2 Å². The summed E-state index contributed by atoms with van der Waals surface area (Å²) in [5.74, 6) is -1.35. The van der Waals surface area contributed by atoms with Crippen molar-refractivity contribution in [3.63, 3.8) is 0 Å². The quantitative estimate of drug-likeness (QED) is 0.849. The Balaban J connectivity index is 1.94. The Morgan fingerprint density at radius 3 is 2.57 bits per heavy atom. The van der Waals surface area contributed by atoms with Crippen molar-refractivity contribution in [2.75, 3.05) is 24.6 Å². The van der Waals surface area contributed by atoms with Gasteiger partial charge in [-0.15, -0.1) is 0 Å². The summed E-state index contributed by atoms with van der Waals surface area (Å²) >= 11 is 0. The lowest BCUT2D eigenvalue weighted by Crippen LogP contribution is -2.37. The van der Waals surface area contributed by atoms with Gasteiger partial charge in [0.05, 0.1) is 6.10 Å². The highest BCUT2D eigenvalue weighted by Gasteiger charge is 2.21. The van der Waals surface area contributed by atoms with Gasteiger partial charge >= 0.3 is 5.97 Å². The van der Waals surface area contributed by atoms with Gasteiger partial charge in [0.25, 0.3) is 0 Å². The van der Waals surface area contributed by atoms with Gasteiger partial charge < -0.3 is 20.5 Å². The van der Waals surface area contributed by atoms with Crippen LogP contribution >= 0.6 is 0 Å². The molecule has 0 saturated carbocycles. The molecule has 0 atom stereocenters. The molecule has 0 radical (unpaired) electrons. The standard InChI is InChI=1S/C15H20N2O4/c1-10-8-11(2-3-13(10)15(16)20)17-6-4-12(5-7-17)21-9-14(18)19/h2-3,8,12H,4-7,9H2,1H3,(H2,16,20)(H,18,19). The maximum absolute atomic E-state index is 11.2. The number of carboxylic acids is 1. The third kappa shape index (κ3) is 3.95. The topological polar surface area (TPSA) is 92.9 Å². The molecular formula is C15H20N2O4. The number of nitrogens with zero attached hydrogens (tertiary/aromatic N) is 1. The number of carbonyl (C=O) groups excluding carboxylic acids is 1. The minimum atomic E-state index is -0.935. The van der Waals surface area contributed by atoms with Crippen LogP contribution in [0.25, 0.3) is 0 Å². The molecule has 1 aliphatic heterocycles. The van der Waals surface area contributed by atoms with Crippen LogP contribution in [0.1, 0.15) is 28.8 Å². The molecule has 0 aliphatic carbocycles. The van der Waals surface area contributed by atoms with Crippen LogP contribution in [0.5, 0.6) is 0 Å². The predicted molar refractivity (Wildman–Crippen MR) is 78.5 cm³/mol. The van der Waals surface area contributed by atoms with Crippen LogP contribution in [0.4, 0.5) is 5.69 Å². The minimum Gasteiger partial charge on any atom is -0.480 e. The Hall–Kier alpha value is -2.08. The van der Waals surface area contributed by atoms with Gasteiger partial charge in [-0.05, 0) is 43.5 Å². The number of piperidine rings is 1. The molecule has 3 N–H and O–H groups in total. The molecule has 0 bridgehead atoms. The molecule has 1 heterocycles. The van der Waals surface area contributed by atoms with Gasteiger partial charge in [-0.2, -0.15) is 0 Å². The van der Waals surface area contributed by atoms with Gasteiger partial charge in [0.2, 0.25) is 5.91 Å². The number of ether oxygens (including phenoxy) is 1. The number of amides is 1.